The van der Waals surface area contributed by atoms with Gasteiger partial charge >= 0.3 is 6.09 Å². The number of guanidine groups is 1. The highest BCUT2D eigenvalue weighted by Gasteiger charge is 2.30. The predicted molar refractivity (Wildman–Crippen MR) is 126 cm³/mol. The van der Waals surface area contributed by atoms with Crippen molar-refractivity contribution in [1.82, 2.24) is 15.5 Å². The summed E-state index contributed by atoms with van der Waals surface area (Å²) in [5.74, 6) is 1.69. The zero-order valence-corrected chi connectivity index (χ0v) is 20.5. The van der Waals surface area contributed by atoms with E-state index in [9.17, 15) is 4.79 Å². The van der Waals surface area contributed by atoms with E-state index in [1.807, 2.05) is 32.9 Å². The number of nitrogens with one attached hydrogen (secondary N) is 2. The summed E-state index contributed by atoms with van der Waals surface area (Å²) < 4.78 is 16.6. The Bertz CT molecular complexity index is 669. The maximum absolute atomic E-state index is 12.3. The van der Waals surface area contributed by atoms with E-state index in [0.717, 1.165) is 44.0 Å². The van der Waals surface area contributed by atoms with Gasteiger partial charge in [0.25, 0.3) is 0 Å². The molecular weight excluding hydrogens is 499 g/mol. The lowest BCUT2D eigenvalue weighted by molar-refractivity contribution is 0.0292. The summed E-state index contributed by atoms with van der Waals surface area (Å²) >= 11 is 0. The maximum Gasteiger partial charge on any atom is 0.410 e. The Labute approximate surface area is 196 Å². The molecule has 9 heteroatoms. The van der Waals surface area contributed by atoms with Gasteiger partial charge in [0, 0.05) is 38.7 Å². The molecule has 2 fully saturated rings. The van der Waals surface area contributed by atoms with Crippen LogP contribution in [-0.2, 0) is 15.9 Å². The molecular formula is C21H35IN4O4. The Morgan fingerprint density at radius 3 is 2.87 bits per heavy atom. The largest absolute Gasteiger partial charge is 0.469 e. The zero-order valence-electron chi connectivity index (χ0n) is 18.2. The van der Waals surface area contributed by atoms with Gasteiger partial charge in [0.05, 0.1) is 18.9 Å². The fourth-order valence-corrected chi connectivity index (χ4v) is 3.46. The smallest absolute Gasteiger partial charge is 0.410 e. The molecule has 0 radical (unpaired) electrons. The Hall–Kier alpha value is -1.49. The van der Waals surface area contributed by atoms with Crippen molar-refractivity contribution in [1.29, 1.82) is 0 Å². The van der Waals surface area contributed by atoms with Gasteiger partial charge in [-0.3, -0.25) is 4.99 Å². The third-order valence-electron chi connectivity index (χ3n) is 4.90. The number of rotatable bonds is 6. The molecule has 0 aromatic carbocycles. The molecule has 1 aromatic rings. The van der Waals surface area contributed by atoms with E-state index in [4.69, 9.17) is 18.9 Å². The highest BCUT2D eigenvalue weighted by molar-refractivity contribution is 14.0. The number of hydrogen-bond acceptors (Lipinski definition) is 5. The van der Waals surface area contributed by atoms with Crippen LogP contribution in [0, 0.1) is 0 Å². The molecule has 3 rings (SSSR count). The second-order valence-electron chi connectivity index (χ2n) is 8.64. The van der Waals surface area contributed by atoms with Gasteiger partial charge < -0.3 is 29.4 Å². The minimum absolute atomic E-state index is 0. The third-order valence-corrected chi connectivity index (χ3v) is 4.90. The topological polar surface area (TPSA) is 88.3 Å². The molecule has 0 saturated carbocycles. The number of ether oxygens (including phenoxy) is 2. The Morgan fingerprint density at radius 1 is 1.37 bits per heavy atom. The van der Waals surface area contributed by atoms with Crippen molar-refractivity contribution in [2.45, 2.75) is 64.2 Å². The van der Waals surface area contributed by atoms with E-state index in [-0.39, 0.29) is 42.2 Å². The van der Waals surface area contributed by atoms with E-state index in [0.29, 0.717) is 26.2 Å². The minimum atomic E-state index is -0.482. The second-order valence-corrected chi connectivity index (χ2v) is 8.64. The van der Waals surface area contributed by atoms with Crippen molar-refractivity contribution in [2.75, 3.05) is 32.8 Å². The van der Waals surface area contributed by atoms with Gasteiger partial charge in [-0.1, -0.05) is 0 Å². The van der Waals surface area contributed by atoms with Crippen molar-refractivity contribution in [3.8, 4) is 0 Å². The average Bonchev–Trinajstić information content (AvgIpc) is 3.40. The molecule has 1 amide bonds. The Kier molecular flexibility index (Phi) is 9.73. The van der Waals surface area contributed by atoms with Gasteiger partial charge in [0.2, 0.25) is 0 Å². The molecule has 2 saturated heterocycles. The van der Waals surface area contributed by atoms with Crippen molar-refractivity contribution in [3.05, 3.63) is 24.2 Å². The van der Waals surface area contributed by atoms with Crippen LogP contribution >= 0.6 is 24.0 Å². The van der Waals surface area contributed by atoms with Crippen LogP contribution in [0.25, 0.3) is 0 Å². The van der Waals surface area contributed by atoms with Crippen LogP contribution in [0.1, 0.15) is 45.8 Å². The van der Waals surface area contributed by atoms with Crippen molar-refractivity contribution in [2.24, 2.45) is 4.99 Å². The fourth-order valence-electron chi connectivity index (χ4n) is 3.46. The second kappa shape index (κ2) is 11.8. The maximum atomic E-state index is 12.3. The van der Waals surface area contributed by atoms with Gasteiger partial charge in [-0.2, -0.15) is 0 Å². The Morgan fingerprint density at radius 2 is 2.20 bits per heavy atom. The first-order chi connectivity index (χ1) is 13.9. The quantitative estimate of drug-likeness (QED) is 0.331. The van der Waals surface area contributed by atoms with Crippen LogP contribution in [0.2, 0.25) is 0 Å². The van der Waals surface area contributed by atoms with Crippen LogP contribution in [0.4, 0.5) is 4.79 Å². The first-order valence-corrected chi connectivity index (χ1v) is 10.6. The molecule has 1 aromatic heterocycles. The molecule has 0 bridgehead atoms. The fraction of sp³-hybridized carbons (Fsp3) is 0.714. The number of carbonyl (C=O) groups is 1. The molecule has 0 aliphatic carbocycles. The number of carbonyl (C=O) groups excluding carboxylic acids is 1. The number of halogens is 1. The third kappa shape index (κ3) is 8.33. The molecule has 0 spiro atoms. The Balaban J connectivity index is 0.00000320. The first kappa shape index (κ1) is 24.8. The summed E-state index contributed by atoms with van der Waals surface area (Å²) in [5, 5.41) is 6.85. The highest BCUT2D eigenvalue weighted by atomic mass is 127. The van der Waals surface area contributed by atoms with Crippen LogP contribution in [0.5, 0.6) is 0 Å². The normalized spacial score (nSPS) is 22.0. The van der Waals surface area contributed by atoms with E-state index < -0.39 is 5.60 Å². The van der Waals surface area contributed by atoms with E-state index in [1.54, 1.807) is 11.2 Å². The molecule has 2 aliphatic rings. The lowest BCUT2D eigenvalue weighted by atomic mass is 10.2. The van der Waals surface area contributed by atoms with Crippen LogP contribution in [-0.4, -0.2) is 67.5 Å². The van der Waals surface area contributed by atoms with Crippen LogP contribution in [0.3, 0.4) is 0 Å². The number of hydrogen-bond donors (Lipinski definition) is 2. The van der Waals surface area contributed by atoms with Gasteiger partial charge in [-0.05, 0) is 52.2 Å². The van der Waals surface area contributed by atoms with Gasteiger partial charge in [0.1, 0.15) is 11.4 Å². The summed E-state index contributed by atoms with van der Waals surface area (Å²) in [6.07, 6.45) is 5.41. The monoisotopic (exact) mass is 534 g/mol. The number of furan rings is 1. The number of aliphatic imine (C=N–C) groups is 1. The van der Waals surface area contributed by atoms with Crippen molar-refractivity contribution in [3.63, 3.8) is 0 Å². The molecule has 2 N–H and O–H groups in total. The number of nitrogens with zero attached hydrogens (tertiary/aromatic N) is 2. The summed E-state index contributed by atoms with van der Waals surface area (Å²) in [7, 11) is 0. The lowest BCUT2D eigenvalue weighted by Crippen LogP contribution is -2.46. The SMILES string of the molecule is CC(C)(C)OC(=O)N1CCC(NC(=NCC2CCCO2)NCCc2ccco2)C1.I. The van der Waals surface area contributed by atoms with Gasteiger partial charge in [0.15, 0.2) is 5.96 Å². The number of likely N-dealkylation sites (tertiary alicyclic amines) is 1. The molecule has 170 valence electrons. The van der Waals surface area contributed by atoms with Crippen LogP contribution in [0.15, 0.2) is 27.8 Å². The average molecular weight is 534 g/mol. The van der Waals surface area contributed by atoms with E-state index in [1.165, 1.54) is 0 Å². The lowest BCUT2D eigenvalue weighted by Gasteiger charge is -2.24. The molecule has 2 aliphatic heterocycles. The number of amides is 1. The molecule has 3 heterocycles. The van der Waals surface area contributed by atoms with Crippen molar-refractivity contribution >= 4 is 36.0 Å². The van der Waals surface area contributed by atoms with E-state index >= 15 is 0 Å². The zero-order chi connectivity index (χ0) is 20.7. The van der Waals surface area contributed by atoms with Gasteiger partial charge in [-0.15, -0.1) is 24.0 Å². The molecule has 30 heavy (non-hydrogen) atoms. The highest BCUT2D eigenvalue weighted by Crippen LogP contribution is 2.16. The molecule has 2 unspecified atom stereocenters. The minimum Gasteiger partial charge on any atom is -0.469 e. The standard InChI is InChI=1S/C21H34N4O4.HI/c1-21(2,3)29-20(26)25-11-9-16(15-25)24-19(23-14-18-7-5-13-28-18)22-10-8-17-6-4-12-27-17;/h4,6,12,16,18H,5,7-11,13-15H2,1-3H3,(H2,22,23,24);1H. The van der Waals surface area contributed by atoms with Gasteiger partial charge in [-0.25, -0.2) is 4.79 Å². The summed E-state index contributed by atoms with van der Waals surface area (Å²) in [5.41, 5.74) is -0.482. The van der Waals surface area contributed by atoms with E-state index in [2.05, 4.69) is 10.6 Å². The first-order valence-electron chi connectivity index (χ1n) is 10.6. The summed E-state index contributed by atoms with van der Waals surface area (Å²) in [6, 6.07) is 4.00. The summed E-state index contributed by atoms with van der Waals surface area (Å²) in [4.78, 5) is 18.8. The predicted octanol–water partition coefficient (Wildman–Crippen LogP) is 3.16. The van der Waals surface area contributed by atoms with Crippen molar-refractivity contribution < 1.29 is 18.7 Å². The molecule has 8 nitrogen and oxygen atoms in total. The summed E-state index contributed by atoms with van der Waals surface area (Å²) in [6.45, 7) is 9.11. The van der Waals surface area contributed by atoms with Crippen LogP contribution < -0.4 is 10.6 Å². The molecule has 2 atom stereocenters.